The summed E-state index contributed by atoms with van der Waals surface area (Å²) in [6.07, 6.45) is 2.38. The molecule has 2 aliphatic heterocycles. The summed E-state index contributed by atoms with van der Waals surface area (Å²) in [4.78, 5) is 37.0. The molecule has 1 aromatic carbocycles. The van der Waals surface area contributed by atoms with E-state index in [1.165, 1.54) is 30.2 Å². The number of hydrogen-bond donors (Lipinski definition) is 0. The number of hydrogen-bond acceptors (Lipinski definition) is 8. The molecule has 0 aliphatic carbocycles. The molecule has 32 heavy (non-hydrogen) atoms. The number of carbonyl (C=O) groups excluding carboxylic acids is 1. The minimum absolute atomic E-state index is 0.0115. The Bertz CT molecular complexity index is 1200. The van der Waals surface area contributed by atoms with Gasteiger partial charge in [-0.05, 0) is 24.3 Å². The first-order valence-electron chi connectivity index (χ1n) is 10.7. The van der Waals surface area contributed by atoms with E-state index in [2.05, 4.69) is 20.0 Å². The van der Waals surface area contributed by atoms with Crippen molar-refractivity contribution >= 4 is 22.5 Å². The SMILES string of the molecule is Cn1nc(C(=O)N2CCN(c3ccc4ncnc(OC5CCOC5)c4c3)CC2)ccc1=O. The Morgan fingerprint density at radius 2 is 1.97 bits per heavy atom. The van der Waals surface area contributed by atoms with Crippen molar-refractivity contribution in [3.8, 4) is 5.88 Å². The van der Waals surface area contributed by atoms with Crippen LogP contribution >= 0.6 is 0 Å². The third-order valence-corrected chi connectivity index (χ3v) is 5.86. The van der Waals surface area contributed by atoms with Gasteiger partial charge in [-0.3, -0.25) is 9.59 Å². The summed E-state index contributed by atoms with van der Waals surface area (Å²) >= 11 is 0. The number of ether oxygens (including phenoxy) is 2. The van der Waals surface area contributed by atoms with Gasteiger partial charge in [-0.15, -0.1) is 0 Å². The number of aromatic nitrogens is 4. The summed E-state index contributed by atoms with van der Waals surface area (Å²) in [5.74, 6) is 0.406. The second-order valence-electron chi connectivity index (χ2n) is 7.94. The Hall–Kier alpha value is -3.53. The molecule has 0 saturated carbocycles. The van der Waals surface area contributed by atoms with Crippen LogP contribution in [-0.4, -0.2) is 76.1 Å². The van der Waals surface area contributed by atoms with Crippen LogP contribution in [0.1, 0.15) is 16.9 Å². The zero-order valence-electron chi connectivity index (χ0n) is 17.8. The monoisotopic (exact) mass is 436 g/mol. The van der Waals surface area contributed by atoms with Crippen molar-refractivity contribution in [2.24, 2.45) is 7.05 Å². The van der Waals surface area contributed by atoms with Crippen LogP contribution in [0.5, 0.6) is 5.88 Å². The molecule has 2 saturated heterocycles. The van der Waals surface area contributed by atoms with E-state index in [1.807, 2.05) is 18.2 Å². The van der Waals surface area contributed by atoms with Crippen LogP contribution in [-0.2, 0) is 11.8 Å². The number of carbonyl (C=O) groups is 1. The molecule has 0 bridgehead atoms. The first kappa shape index (κ1) is 20.4. The van der Waals surface area contributed by atoms with Crippen molar-refractivity contribution in [1.29, 1.82) is 0 Å². The minimum atomic E-state index is -0.240. The van der Waals surface area contributed by atoms with E-state index in [0.717, 1.165) is 23.0 Å². The fourth-order valence-electron chi connectivity index (χ4n) is 4.02. The van der Waals surface area contributed by atoms with Crippen molar-refractivity contribution in [2.45, 2.75) is 12.5 Å². The third-order valence-electron chi connectivity index (χ3n) is 5.86. The molecule has 4 heterocycles. The Morgan fingerprint density at radius 3 is 2.72 bits per heavy atom. The van der Waals surface area contributed by atoms with E-state index in [4.69, 9.17) is 9.47 Å². The highest BCUT2D eigenvalue weighted by Gasteiger charge is 2.24. The van der Waals surface area contributed by atoms with Gasteiger partial charge in [0.05, 0.1) is 24.1 Å². The van der Waals surface area contributed by atoms with Crippen molar-refractivity contribution < 1.29 is 14.3 Å². The second-order valence-corrected chi connectivity index (χ2v) is 7.94. The second kappa shape index (κ2) is 8.54. The average molecular weight is 436 g/mol. The number of benzene rings is 1. The Morgan fingerprint density at radius 1 is 1.12 bits per heavy atom. The van der Waals surface area contributed by atoms with Gasteiger partial charge in [-0.1, -0.05) is 0 Å². The number of anilines is 1. The largest absolute Gasteiger partial charge is 0.471 e. The normalized spacial score (nSPS) is 18.8. The van der Waals surface area contributed by atoms with Gasteiger partial charge in [0.15, 0.2) is 0 Å². The summed E-state index contributed by atoms with van der Waals surface area (Å²) in [7, 11) is 1.54. The molecule has 5 rings (SSSR count). The van der Waals surface area contributed by atoms with Gasteiger partial charge in [0, 0.05) is 51.4 Å². The van der Waals surface area contributed by atoms with Crippen molar-refractivity contribution in [3.63, 3.8) is 0 Å². The van der Waals surface area contributed by atoms with Crippen LogP contribution in [0.25, 0.3) is 10.9 Å². The minimum Gasteiger partial charge on any atom is -0.471 e. The Kier molecular flexibility index (Phi) is 5.44. The standard InChI is InChI=1S/C22H24N6O4/c1-26-20(29)5-4-19(25-26)22(30)28-9-7-27(8-10-28)15-2-3-18-17(12-15)21(24-14-23-18)32-16-6-11-31-13-16/h2-5,12,14,16H,6-11,13H2,1H3. The number of piperazine rings is 1. The maximum atomic E-state index is 12.8. The lowest BCUT2D eigenvalue weighted by Crippen LogP contribution is -2.49. The number of amides is 1. The van der Waals surface area contributed by atoms with E-state index < -0.39 is 0 Å². The molecule has 0 radical (unpaired) electrons. The van der Waals surface area contributed by atoms with Crippen LogP contribution in [0.3, 0.4) is 0 Å². The van der Waals surface area contributed by atoms with Gasteiger partial charge >= 0.3 is 0 Å². The molecule has 2 fully saturated rings. The van der Waals surface area contributed by atoms with Gasteiger partial charge in [-0.25, -0.2) is 14.6 Å². The molecule has 3 aromatic rings. The number of nitrogens with zero attached hydrogens (tertiary/aromatic N) is 6. The third kappa shape index (κ3) is 4.01. The Balaban J connectivity index is 1.30. The predicted molar refractivity (Wildman–Crippen MR) is 117 cm³/mol. The molecule has 2 aliphatic rings. The number of aryl methyl sites for hydroxylation is 1. The van der Waals surface area contributed by atoms with Crippen LogP contribution < -0.4 is 15.2 Å². The molecule has 0 spiro atoms. The van der Waals surface area contributed by atoms with E-state index in [0.29, 0.717) is 45.3 Å². The van der Waals surface area contributed by atoms with Gasteiger partial charge in [0.2, 0.25) is 5.88 Å². The molecule has 10 heteroatoms. The molecule has 2 aromatic heterocycles. The number of rotatable bonds is 4. The summed E-state index contributed by atoms with van der Waals surface area (Å²) in [6.45, 7) is 3.78. The van der Waals surface area contributed by atoms with Crippen molar-refractivity contribution in [3.05, 3.63) is 52.7 Å². The summed E-state index contributed by atoms with van der Waals surface area (Å²) < 4.78 is 12.7. The zero-order chi connectivity index (χ0) is 22.1. The quantitative estimate of drug-likeness (QED) is 0.593. The van der Waals surface area contributed by atoms with Gasteiger partial charge in [0.25, 0.3) is 11.5 Å². The smallest absolute Gasteiger partial charge is 0.274 e. The van der Waals surface area contributed by atoms with Crippen molar-refractivity contribution in [2.75, 3.05) is 44.3 Å². The number of fused-ring (bicyclic) bond motifs is 1. The fourth-order valence-corrected chi connectivity index (χ4v) is 4.02. The maximum Gasteiger partial charge on any atom is 0.274 e. The molecule has 166 valence electrons. The first-order valence-corrected chi connectivity index (χ1v) is 10.7. The molecule has 1 atom stereocenters. The molecule has 10 nitrogen and oxygen atoms in total. The van der Waals surface area contributed by atoms with E-state index in [1.54, 1.807) is 4.90 Å². The Labute approximate surface area is 184 Å². The maximum absolute atomic E-state index is 12.8. The highest BCUT2D eigenvalue weighted by Crippen LogP contribution is 2.29. The lowest BCUT2D eigenvalue weighted by Gasteiger charge is -2.36. The average Bonchev–Trinajstić information content (AvgIpc) is 3.34. The van der Waals surface area contributed by atoms with Crippen LogP contribution in [0.4, 0.5) is 5.69 Å². The van der Waals surface area contributed by atoms with E-state index in [-0.39, 0.29) is 23.3 Å². The van der Waals surface area contributed by atoms with Crippen LogP contribution in [0.2, 0.25) is 0 Å². The lowest BCUT2D eigenvalue weighted by molar-refractivity contribution is 0.0738. The van der Waals surface area contributed by atoms with Crippen LogP contribution in [0.15, 0.2) is 41.5 Å². The first-order chi connectivity index (χ1) is 15.6. The summed E-state index contributed by atoms with van der Waals surface area (Å²) in [5.41, 5.74) is 1.90. The highest BCUT2D eigenvalue weighted by atomic mass is 16.5. The van der Waals surface area contributed by atoms with E-state index >= 15 is 0 Å². The predicted octanol–water partition coefficient (Wildman–Crippen LogP) is 0.854. The molecular formula is C22H24N6O4. The molecule has 1 amide bonds. The zero-order valence-corrected chi connectivity index (χ0v) is 17.8. The summed E-state index contributed by atoms with van der Waals surface area (Å²) in [6, 6.07) is 8.90. The van der Waals surface area contributed by atoms with E-state index in [9.17, 15) is 9.59 Å². The molecule has 1 unspecified atom stereocenters. The van der Waals surface area contributed by atoms with Crippen LogP contribution in [0, 0.1) is 0 Å². The highest BCUT2D eigenvalue weighted by molar-refractivity contribution is 5.92. The molecule has 0 N–H and O–H groups in total. The van der Waals surface area contributed by atoms with Gasteiger partial charge in [0.1, 0.15) is 18.1 Å². The van der Waals surface area contributed by atoms with Gasteiger partial charge < -0.3 is 19.3 Å². The fraction of sp³-hybridized carbons (Fsp3) is 0.409. The molecular weight excluding hydrogens is 412 g/mol. The topological polar surface area (TPSA) is 103 Å². The summed E-state index contributed by atoms with van der Waals surface area (Å²) in [5, 5.41) is 4.94. The van der Waals surface area contributed by atoms with Crippen molar-refractivity contribution in [1.82, 2.24) is 24.6 Å². The lowest BCUT2D eigenvalue weighted by atomic mass is 10.1. The van der Waals surface area contributed by atoms with Gasteiger partial charge in [-0.2, -0.15) is 5.10 Å².